The second-order valence-corrected chi connectivity index (χ2v) is 6.22. The zero-order valence-electron chi connectivity index (χ0n) is 13.7. The van der Waals surface area contributed by atoms with Gasteiger partial charge in [0.2, 0.25) is 5.91 Å². The predicted molar refractivity (Wildman–Crippen MR) is 91.3 cm³/mol. The first-order chi connectivity index (χ1) is 11.6. The van der Waals surface area contributed by atoms with E-state index in [1.807, 2.05) is 43.3 Å². The van der Waals surface area contributed by atoms with Crippen LogP contribution >= 0.6 is 0 Å². The first-order valence-corrected chi connectivity index (χ1v) is 8.24. The Morgan fingerprint density at radius 3 is 2.83 bits per heavy atom. The average Bonchev–Trinajstić information content (AvgIpc) is 3.23. The summed E-state index contributed by atoms with van der Waals surface area (Å²) in [5.74, 6) is 1.41. The first kappa shape index (κ1) is 16.5. The van der Waals surface area contributed by atoms with Crippen molar-refractivity contribution in [1.82, 2.24) is 10.3 Å². The van der Waals surface area contributed by atoms with E-state index in [2.05, 4.69) is 10.3 Å². The number of amides is 1. The van der Waals surface area contributed by atoms with E-state index in [9.17, 15) is 4.79 Å². The highest BCUT2D eigenvalue weighted by Gasteiger charge is 2.19. The number of hydrogen-bond acceptors (Lipinski definition) is 4. The molecule has 126 valence electrons. The van der Waals surface area contributed by atoms with E-state index in [0.29, 0.717) is 18.7 Å². The smallest absolute Gasteiger partial charge is 0.220 e. The highest BCUT2D eigenvalue weighted by Crippen LogP contribution is 2.21. The largest absolute Gasteiger partial charge is 0.441 e. The number of aliphatic hydroxyl groups is 1. The van der Waals surface area contributed by atoms with Crippen LogP contribution in [0.1, 0.15) is 24.3 Å². The van der Waals surface area contributed by atoms with E-state index < -0.39 is 0 Å². The molecular formula is C19H22N2O3. The van der Waals surface area contributed by atoms with E-state index in [1.165, 1.54) is 5.56 Å². The van der Waals surface area contributed by atoms with Crippen molar-refractivity contribution in [1.29, 1.82) is 0 Å². The maximum Gasteiger partial charge on any atom is 0.220 e. The van der Waals surface area contributed by atoms with E-state index in [4.69, 9.17) is 9.52 Å². The van der Waals surface area contributed by atoms with E-state index in [1.54, 1.807) is 6.20 Å². The summed E-state index contributed by atoms with van der Waals surface area (Å²) >= 11 is 0. The van der Waals surface area contributed by atoms with Crippen molar-refractivity contribution >= 4 is 5.91 Å². The molecule has 0 saturated heterocycles. The summed E-state index contributed by atoms with van der Waals surface area (Å²) in [6.07, 6.45) is 7.16. The third-order valence-electron chi connectivity index (χ3n) is 4.21. The normalized spacial score (nSPS) is 19.6. The van der Waals surface area contributed by atoms with Crippen LogP contribution < -0.4 is 5.32 Å². The number of aromatic nitrogens is 1. The van der Waals surface area contributed by atoms with Gasteiger partial charge < -0.3 is 14.8 Å². The number of aliphatic hydroxyl groups excluding tert-OH is 1. The number of nitrogens with one attached hydrogen (secondary N) is 1. The number of carbonyl (C=O) groups is 1. The molecule has 1 aromatic heterocycles. The van der Waals surface area contributed by atoms with Crippen molar-refractivity contribution in [2.45, 2.75) is 32.2 Å². The maximum atomic E-state index is 12.0. The summed E-state index contributed by atoms with van der Waals surface area (Å²) in [4.78, 5) is 16.3. The quantitative estimate of drug-likeness (QED) is 0.800. The minimum absolute atomic E-state index is 0.0160. The van der Waals surface area contributed by atoms with Crippen LogP contribution in [0.25, 0.3) is 11.3 Å². The minimum atomic E-state index is -0.0293. The van der Waals surface area contributed by atoms with Gasteiger partial charge in [-0.3, -0.25) is 4.79 Å². The Labute approximate surface area is 141 Å². The lowest BCUT2D eigenvalue weighted by Gasteiger charge is -2.12. The number of oxazole rings is 1. The van der Waals surface area contributed by atoms with Gasteiger partial charge in [0.25, 0.3) is 0 Å². The fourth-order valence-electron chi connectivity index (χ4n) is 2.79. The number of aryl methyl sites for hydroxylation is 2. The van der Waals surface area contributed by atoms with Gasteiger partial charge in [-0.05, 0) is 13.3 Å². The molecule has 2 aromatic rings. The monoisotopic (exact) mass is 326 g/mol. The Morgan fingerprint density at radius 2 is 2.12 bits per heavy atom. The Bertz CT molecular complexity index is 718. The molecule has 3 rings (SSSR count). The molecule has 24 heavy (non-hydrogen) atoms. The van der Waals surface area contributed by atoms with Crippen molar-refractivity contribution in [3.8, 4) is 11.3 Å². The fraction of sp³-hybridized carbons (Fsp3) is 0.368. The van der Waals surface area contributed by atoms with Gasteiger partial charge in [0.1, 0.15) is 0 Å². The minimum Gasteiger partial charge on any atom is -0.441 e. The number of benzene rings is 1. The Kier molecular flexibility index (Phi) is 5.11. The molecule has 1 heterocycles. The van der Waals surface area contributed by atoms with Gasteiger partial charge >= 0.3 is 0 Å². The zero-order valence-corrected chi connectivity index (χ0v) is 13.7. The van der Waals surface area contributed by atoms with Gasteiger partial charge in [-0.2, -0.15) is 0 Å². The molecule has 0 saturated carbocycles. The van der Waals surface area contributed by atoms with Crippen LogP contribution in [-0.2, 0) is 11.2 Å². The van der Waals surface area contributed by atoms with Crippen molar-refractivity contribution in [2.75, 3.05) is 6.61 Å². The summed E-state index contributed by atoms with van der Waals surface area (Å²) in [6.45, 7) is 2.16. The van der Waals surface area contributed by atoms with Crippen molar-refractivity contribution < 1.29 is 14.3 Å². The topological polar surface area (TPSA) is 75.4 Å². The third kappa shape index (κ3) is 4.11. The summed E-state index contributed by atoms with van der Waals surface area (Å²) in [7, 11) is 0. The second-order valence-electron chi connectivity index (χ2n) is 6.22. The van der Waals surface area contributed by atoms with E-state index >= 15 is 0 Å². The Morgan fingerprint density at radius 1 is 1.33 bits per heavy atom. The molecule has 0 spiro atoms. The van der Waals surface area contributed by atoms with E-state index in [-0.39, 0.29) is 24.5 Å². The maximum absolute atomic E-state index is 12.0. The van der Waals surface area contributed by atoms with Crippen LogP contribution in [0, 0.1) is 12.8 Å². The number of nitrogens with zero attached hydrogens (tertiary/aromatic N) is 1. The molecule has 0 bridgehead atoms. The van der Waals surface area contributed by atoms with Crippen LogP contribution in [0.5, 0.6) is 0 Å². The molecule has 0 radical (unpaired) electrons. The van der Waals surface area contributed by atoms with Crippen molar-refractivity contribution in [3.63, 3.8) is 0 Å². The predicted octanol–water partition coefficient (Wildman–Crippen LogP) is 2.64. The van der Waals surface area contributed by atoms with Gasteiger partial charge in [-0.15, -0.1) is 0 Å². The van der Waals surface area contributed by atoms with Gasteiger partial charge in [0.15, 0.2) is 11.7 Å². The lowest BCUT2D eigenvalue weighted by atomic mass is 10.1. The Hall–Kier alpha value is -2.40. The fourth-order valence-corrected chi connectivity index (χ4v) is 2.79. The molecule has 5 heteroatoms. The van der Waals surface area contributed by atoms with Crippen LogP contribution in [0.2, 0.25) is 0 Å². The summed E-state index contributed by atoms with van der Waals surface area (Å²) < 4.78 is 5.73. The molecular weight excluding hydrogens is 304 g/mol. The summed E-state index contributed by atoms with van der Waals surface area (Å²) in [5, 5.41) is 12.0. The first-order valence-electron chi connectivity index (χ1n) is 8.24. The third-order valence-corrected chi connectivity index (χ3v) is 4.21. The molecule has 0 fully saturated rings. The number of carbonyl (C=O) groups excluding carboxylic acids is 1. The highest BCUT2D eigenvalue weighted by molar-refractivity contribution is 5.76. The van der Waals surface area contributed by atoms with Crippen LogP contribution in [0.4, 0.5) is 0 Å². The van der Waals surface area contributed by atoms with Crippen molar-refractivity contribution in [3.05, 3.63) is 54.1 Å². The molecule has 1 amide bonds. The number of rotatable bonds is 6. The highest BCUT2D eigenvalue weighted by atomic mass is 16.4. The molecule has 1 aromatic carbocycles. The Balaban J connectivity index is 1.49. The van der Waals surface area contributed by atoms with Gasteiger partial charge in [-0.1, -0.05) is 42.0 Å². The standard InChI is InChI=1S/C19H22N2O3/c1-13-2-5-15(6-3-13)17-11-20-19(24-17)9-8-18(23)21-16-7-4-14(10-16)12-22/h2-7,11,14,16,22H,8-10,12H2,1H3,(H,21,23)/t14-,16+/m0/s1. The van der Waals surface area contributed by atoms with E-state index in [0.717, 1.165) is 17.7 Å². The van der Waals surface area contributed by atoms with Crippen molar-refractivity contribution in [2.24, 2.45) is 5.92 Å². The lowest BCUT2D eigenvalue weighted by molar-refractivity contribution is -0.121. The molecule has 2 atom stereocenters. The second kappa shape index (κ2) is 7.45. The molecule has 2 N–H and O–H groups in total. The summed E-state index contributed by atoms with van der Waals surface area (Å²) in [5.41, 5.74) is 2.18. The number of hydrogen-bond donors (Lipinski definition) is 2. The molecule has 1 aliphatic rings. The molecule has 0 unspecified atom stereocenters. The van der Waals surface area contributed by atoms with Crippen LogP contribution in [0.15, 0.2) is 47.0 Å². The lowest BCUT2D eigenvalue weighted by Crippen LogP contribution is -2.33. The molecule has 5 nitrogen and oxygen atoms in total. The average molecular weight is 326 g/mol. The van der Waals surface area contributed by atoms with Gasteiger partial charge in [-0.25, -0.2) is 4.98 Å². The van der Waals surface area contributed by atoms with Gasteiger partial charge in [0.05, 0.1) is 6.20 Å². The van der Waals surface area contributed by atoms with Crippen LogP contribution in [-0.4, -0.2) is 28.6 Å². The molecule has 1 aliphatic carbocycles. The summed E-state index contributed by atoms with van der Waals surface area (Å²) in [6, 6.07) is 8.06. The van der Waals surface area contributed by atoms with Gasteiger partial charge in [0, 0.05) is 37.0 Å². The SMILES string of the molecule is Cc1ccc(-c2cnc(CCC(=O)N[C@@H]3C=C[C@H](CO)C3)o2)cc1. The van der Waals surface area contributed by atoms with Crippen LogP contribution in [0.3, 0.4) is 0 Å². The zero-order chi connectivity index (χ0) is 16.9. The molecule has 0 aliphatic heterocycles.